The van der Waals surface area contributed by atoms with Gasteiger partial charge in [0.1, 0.15) is 16.1 Å². The first-order valence-corrected chi connectivity index (χ1v) is 12.1. The summed E-state index contributed by atoms with van der Waals surface area (Å²) in [6.07, 6.45) is 5.57. The van der Waals surface area contributed by atoms with Gasteiger partial charge in [-0.05, 0) is 74.4 Å². The lowest BCUT2D eigenvalue weighted by atomic mass is 9.90. The summed E-state index contributed by atoms with van der Waals surface area (Å²) in [7, 11) is 0. The van der Waals surface area contributed by atoms with E-state index in [9.17, 15) is 9.59 Å². The second-order valence-corrected chi connectivity index (χ2v) is 10.2. The molecule has 5 nitrogen and oxygen atoms in total. The van der Waals surface area contributed by atoms with Gasteiger partial charge in [-0.1, -0.05) is 25.3 Å². The molecule has 0 saturated heterocycles. The molecule has 3 heterocycles. The molecule has 2 aromatic heterocycles. The summed E-state index contributed by atoms with van der Waals surface area (Å²) in [6, 6.07) is 10.2. The summed E-state index contributed by atoms with van der Waals surface area (Å²) in [4.78, 5) is 30.4. The SMILES string of the molecule is Cc1ccc(N2C(=O)c3cc4ccsc4n3C[C@]2(C)C(=O)NC2CCCCC2)cc1C. The standard InChI is InChI=1S/C25H29N3O2S/c1-16-9-10-20(13-17(16)2)28-22(29)21-14-18-11-12-31-23(18)27(21)15-25(28,3)24(30)26-19-7-5-4-6-8-19/h9-14,19H,4-8,15H2,1-3H3,(H,26,30)/t25-/m1/s1. The zero-order valence-electron chi connectivity index (χ0n) is 18.4. The lowest BCUT2D eigenvalue weighted by Gasteiger charge is -2.44. The van der Waals surface area contributed by atoms with Crippen LogP contribution in [0, 0.1) is 13.8 Å². The molecule has 1 atom stereocenters. The number of nitrogens with one attached hydrogen (secondary N) is 1. The van der Waals surface area contributed by atoms with Crippen LogP contribution in [0.2, 0.25) is 0 Å². The number of nitrogens with zero attached hydrogens (tertiary/aromatic N) is 2. The van der Waals surface area contributed by atoms with Crippen LogP contribution >= 0.6 is 11.3 Å². The number of amides is 2. The second-order valence-electron chi connectivity index (χ2n) is 9.29. The van der Waals surface area contributed by atoms with Gasteiger partial charge < -0.3 is 9.88 Å². The van der Waals surface area contributed by atoms with Crippen molar-refractivity contribution in [1.29, 1.82) is 0 Å². The van der Waals surface area contributed by atoms with Crippen LogP contribution in [0.1, 0.15) is 60.6 Å². The third-order valence-electron chi connectivity index (χ3n) is 7.06. The monoisotopic (exact) mass is 435 g/mol. The van der Waals surface area contributed by atoms with E-state index < -0.39 is 5.54 Å². The Morgan fingerprint density at radius 3 is 2.61 bits per heavy atom. The van der Waals surface area contributed by atoms with Crippen molar-refractivity contribution in [2.45, 2.75) is 71.0 Å². The summed E-state index contributed by atoms with van der Waals surface area (Å²) in [5.74, 6) is -0.172. The normalized spacial score (nSPS) is 22.0. The Morgan fingerprint density at radius 2 is 1.87 bits per heavy atom. The molecule has 1 aliphatic carbocycles. The second kappa shape index (κ2) is 7.52. The molecule has 1 aromatic carbocycles. The average molecular weight is 436 g/mol. The maximum Gasteiger partial charge on any atom is 0.275 e. The van der Waals surface area contributed by atoms with Crippen molar-refractivity contribution >= 4 is 39.1 Å². The van der Waals surface area contributed by atoms with Crippen LogP contribution in [0.5, 0.6) is 0 Å². The number of aromatic nitrogens is 1. The minimum Gasteiger partial charge on any atom is -0.351 e. The quantitative estimate of drug-likeness (QED) is 0.616. The van der Waals surface area contributed by atoms with Gasteiger partial charge in [0.15, 0.2) is 0 Å². The number of thiophene rings is 1. The maximum absolute atomic E-state index is 13.8. The predicted molar refractivity (Wildman–Crippen MR) is 126 cm³/mol. The number of anilines is 1. The highest BCUT2D eigenvalue weighted by molar-refractivity contribution is 7.16. The summed E-state index contributed by atoms with van der Waals surface area (Å²) in [5, 5.41) is 6.40. The van der Waals surface area contributed by atoms with E-state index in [0.717, 1.165) is 47.2 Å². The van der Waals surface area contributed by atoms with Crippen molar-refractivity contribution in [3.8, 4) is 0 Å². The van der Waals surface area contributed by atoms with E-state index in [1.807, 2.05) is 54.1 Å². The van der Waals surface area contributed by atoms with Crippen molar-refractivity contribution < 1.29 is 9.59 Å². The van der Waals surface area contributed by atoms with E-state index in [0.29, 0.717) is 12.2 Å². The molecule has 0 radical (unpaired) electrons. The Morgan fingerprint density at radius 1 is 1.10 bits per heavy atom. The van der Waals surface area contributed by atoms with Gasteiger partial charge in [-0.2, -0.15) is 0 Å². The van der Waals surface area contributed by atoms with Gasteiger partial charge in [0, 0.05) is 17.1 Å². The molecule has 2 amide bonds. The molecule has 1 saturated carbocycles. The predicted octanol–water partition coefficient (Wildman–Crippen LogP) is 5.19. The van der Waals surface area contributed by atoms with Crippen LogP contribution in [0.15, 0.2) is 35.7 Å². The number of carbonyl (C=O) groups is 2. The van der Waals surface area contributed by atoms with Gasteiger partial charge in [0.25, 0.3) is 5.91 Å². The minimum absolute atomic E-state index is 0.0602. The smallest absolute Gasteiger partial charge is 0.275 e. The first kappa shape index (κ1) is 20.3. The molecule has 1 aliphatic heterocycles. The highest BCUT2D eigenvalue weighted by atomic mass is 32.1. The largest absolute Gasteiger partial charge is 0.351 e. The third-order valence-corrected chi connectivity index (χ3v) is 8.01. The number of carbonyl (C=O) groups excluding carboxylic acids is 2. The molecule has 1 N–H and O–H groups in total. The van der Waals surface area contributed by atoms with Crippen LogP contribution in [-0.4, -0.2) is 28.0 Å². The van der Waals surface area contributed by atoms with Gasteiger partial charge in [-0.3, -0.25) is 14.5 Å². The number of hydrogen-bond acceptors (Lipinski definition) is 3. The molecule has 3 aromatic rings. The zero-order valence-corrected chi connectivity index (χ0v) is 19.2. The number of hydrogen-bond donors (Lipinski definition) is 1. The molecule has 0 bridgehead atoms. The van der Waals surface area contributed by atoms with Crippen LogP contribution in [0.25, 0.3) is 10.2 Å². The lowest BCUT2D eigenvalue weighted by molar-refractivity contribution is -0.127. The van der Waals surface area contributed by atoms with E-state index >= 15 is 0 Å². The highest BCUT2D eigenvalue weighted by Gasteiger charge is 2.49. The van der Waals surface area contributed by atoms with Crippen LogP contribution < -0.4 is 10.2 Å². The summed E-state index contributed by atoms with van der Waals surface area (Å²) >= 11 is 1.62. The molecule has 6 heteroatoms. The van der Waals surface area contributed by atoms with Gasteiger partial charge in [-0.25, -0.2) is 0 Å². The van der Waals surface area contributed by atoms with Crippen LogP contribution in [-0.2, 0) is 11.3 Å². The molecule has 162 valence electrons. The number of benzene rings is 1. The number of fused-ring (bicyclic) bond motifs is 3. The molecule has 1 fully saturated rings. The average Bonchev–Trinajstić information content (AvgIpc) is 3.34. The number of aryl methyl sites for hydroxylation is 2. The van der Waals surface area contributed by atoms with E-state index in [2.05, 4.69) is 12.2 Å². The lowest BCUT2D eigenvalue weighted by Crippen LogP contribution is -2.65. The van der Waals surface area contributed by atoms with Crippen molar-refractivity contribution in [1.82, 2.24) is 9.88 Å². The molecular weight excluding hydrogens is 406 g/mol. The minimum atomic E-state index is -1.00. The molecule has 2 aliphatic rings. The van der Waals surface area contributed by atoms with E-state index in [-0.39, 0.29) is 17.9 Å². The maximum atomic E-state index is 13.8. The van der Waals surface area contributed by atoms with Crippen LogP contribution in [0.3, 0.4) is 0 Å². The molecular formula is C25H29N3O2S. The van der Waals surface area contributed by atoms with Gasteiger partial charge in [-0.15, -0.1) is 11.3 Å². The van der Waals surface area contributed by atoms with Crippen molar-refractivity contribution in [3.63, 3.8) is 0 Å². The van der Waals surface area contributed by atoms with Crippen molar-refractivity contribution in [2.24, 2.45) is 0 Å². The van der Waals surface area contributed by atoms with Crippen molar-refractivity contribution in [2.75, 3.05) is 4.90 Å². The topological polar surface area (TPSA) is 54.3 Å². The van der Waals surface area contributed by atoms with E-state index in [4.69, 9.17) is 0 Å². The fourth-order valence-corrected chi connectivity index (χ4v) is 5.95. The Labute approximate surface area is 187 Å². The van der Waals surface area contributed by atoms with Crippen LogP contribution in [0.4, 0.5) is 5.69 Å². The fraction of sp³-hybridized carbons (Fsp3) is 0.440. The summed E-state index contributed by atoms with van der Waals surface area (Å²) < 4.78 is 2.04. The summed E-state index contributed by atoms with van der Waals surface area (Å²) in [6.45, 7) is 6.47. The van der Waals surface area contributed by atoms with Gasteiger partial charge in [0.2, 0.25) is 5.91 Å². The third kappa shape index (κ3) is 3.28. The Hall–Kier alpha value is -2.60. The summed E-state index contributed by atoms with van der Waals surface area (Å²) in [5.41, 5.74) is 2.72. The van der Waals surface area contributed by atoms with Gasteiger partial charge in [0.05, 0.1) is 6.54 Å². The first-order chi connectivity index (χ1) is 14.9. The van der Waals surface area contributed by atoms with Crippen molar-refractivity contribution in [3.05, 3.63) is 52.5 Å². The number of rotatable bonds is 3. The molecule has 5 rings (SSSR count). The van der Waals surface area contributed by atoms with Gasteiger partial charge >= 0.3 is 0 Å². The first-order valence-electron chi connectivity index (χ1n) is 11.2. The van der Waals surface area contributed by atoms with E-state index in [1.54, 1.807) is 16.2 Å². The zero-order chi connectivity index (χ0) is 21.8. The molecule has 31 heavy (non-hydrogen) atoms. The highest BCUT2D eigenvalue weighted by Crippen LogP contribution is 2.38. The molecule has 0 unspecified atom stereocenters. The Kier molecular flexibility index (Phi) is 4.93. The van der Waals surface area contributed by atoms with E-state index in [1.165, 1.54) is 12.0 Å². The Balaban J connectivity index is 1.61. The fourth-order valence-electron chi connectivity index (χ4n) is 5.05. The Bertz CT molecular complexity index is 1170. The molecule has 0 spiro atoms.